The molecule has 164 valence electrons. The Morgan fingerprint density at radius 1 is 0.794 bits per heavy atom. The Morgan fingerprint density at radius 3 is 2.18 bits per heavy atom. The second kappa shape index (κ2) is 7.97. The van der Waals surface area contributed by atoms with Gasteiger partial charge < -0.3 is 9.67 Å². The van der Waals surface area contributed by atoms with Crippen LogP contribution in [0.25, 0.3) is 44.3 Å². The van der Waals surface area contributed by atoms with Crippen LogP contribution in [0.3, 0.4) is 0 Å². The van der Waals surface area contributed by atoms with Gasteiger partial charge in [-0.05, 0) is 58.3 Å². The van der Waals surface area contributed by atoms with Crippen molar-refractivity contribution >= 4 is 27.8 Å². The summed E-state index contributed by atoms with van der Waals surface area (Å²) in [6.45, 7) is 0.726. The third-order valence-electron chi connectivity index (χ3n) is 6.14. The number of hydrogen-bond acceptors (Lipinski definition) is 4. The van der Waals surface area contributed by atoms with Gasteiger partial charge in [-0.2, -0.15) is 5.21 Å². The van der Waals surface area contributed by atoms with E-state index in [1.165, 1.54) is 10.9 Å². The van der Waals surface area contributed by atoms with Crippen molar-refractivity contribution in [1.82, 2.24) is 25.2 Å². The minimum absolute atomic E-state index is 0.286. The van der Waals surface area contributed by atoms with Crippen LogP contribution in [0.5, 0.6) is 0 Å². The van der Waals surface area contributed by atoms with Gasteiger partial charge in [0.2, 0.25) is 5.82 Å². The lowest BCUT2D eigenvalue weighted by Crippen LogP contribution is -1.99. The number of aromatic nitrogens is 5. The number of carboxylic acids is 1. The molecule has 0 amide bonds. The average molecular weight is 445 g/mol. The molecule has 0 aliphatic heterocycles. The molecule has 2 aromatic heterocycles. The molecule has 0 bridgehead atoms. The first-order valence-electron chi connectivity index (χ1n) is 10.8. The number of hydrogen-bond donors (Lipinski definition) is 2. The number of aromatic carboxylic acids is 1. The van der Waals surface area contributed by atoms with Crippen LogP contribution in [0, 0.1) is 0 Å². The van der Waals surface area contributed by atoms with E-state index in [-0.39, 0.29) is 5.56 Å². The van der Waals surface area contributed by atoms with Gasteiger partial charge in [0.15, 0.2) is 0 Å². The highest BCUT2D eigenvalue weighted by Gasteiger charge is 2.13. The van der Waals surface area contributed by atoms with Gasteiger partial charge in [-0.3, -0.25) is 0 Å². The molecule has 6 rings (SSSR count). The first-order chi connectivity index (χ1) is 16.7. The molecule has 4 aromatic carbocycles. The molecule has 7 nitrogen and oxygen atoms in total. The molecule has 6 aromatic rings. The van der Waals surface area contributed by atoms with E-state index in [1.807, 2.05) is 18.2 Å². The highest BCUT2D eigenvalue weighted by atomic mass is 16.4. The smallest absolute Gasteiger partial charge is 0.335 e. The summed E-state index contributed by atoms with van der Waals surface area (Å²) in [5, 5.41) is 25.8. The van der Waals surface area contributed by atoms with Gasteiger partial charge in [0, 0.05) is 33.9 Å². The minimum Gasteiger partial charge on any atom is -0.478 e. The normalized spacial score (nSPS) is 11.3. The summed E-state index contributed by atoms with van der Waals surface area (Å²) in [4.78, 5) is 11.1. The SMILES string of the molecule is O=C(O)c1ccc(-c2ccc(Cn3c4ccccc4c4cc(-c5nn[nH]n5)ccc43)cc2)cc1. The van der Waals surface area contributed by atoms with Crippen LogP contribution < -0.4 is 0 Å². The second-order valence-corrected chi connectivity index (χ2v) is 8.15. The maximum atomic E-state index is 11.1. The van der Waals surface area contributed by atoms with Crippen molar-refractivity contribution < 1.29 is 9.90 Å². The highest BCUT2D eigenvalue weighted by Crippen LogP contribution is 2.32. The lowest BCUT2D eigenvalue weighted by molar-refractivity contribution is 0.0697. The van der Waals surface area contributed by atoms with Crippen LogP contribution in [0.15, 0.2) is 91.0 Å². The molecule has 2 heterocycles. The molecule has 7 heteroatoms. The van der Waals surface area contributed by atoms with Crippen LogP contribution in [-0.2, 0) is 6.54 Å². The van der Waals surface area contributed by atoms with Crippen LogP contribution in [-0.4, -0.2) is 36.3 Å². The van der Waals surface area contributed by atoms with E-state index < -0.39 is 5.97 Å². The zero-order valence-electron chi connectivity index (χ0n) is 18.0. The fourth-order valence-corrected chi connectivity index (χ4v) is 4.44. The predicted octanol–water partition coefficient (Wildman–Crippen LogP) is 5.39. The molecule has 0 fully saturated rings. The summed E-state index contributed by atoms with van der Waals surface area (Å²) in [5.74, 6) is -0.344. The van der Waals surface area contributed by atoms with Gasteiger partial charge in [0.1, 0.15) is 0 Å². The number of para-hydroxylation sites is 1. The number of H-pyrrole nitrogens is 1. The fraction of sp³-hybridized carbons (Fsp3) is 0.0370. The van der Waals surface area contributed by atoms with Gasteiger partial charge in [-0.1, -0.05) is 54.6 Å². The zero-order chi connectivity index (χ0) is 23.1. The number of tetrazole rings is 1. The molecule has 0 spiro atoms. The summed E-state index contributed by atoms with van der Waals surface area (Å²) < 4.78 is 2.32. The molecular formula is C27H19N5O2. The monoisotopic (exact) mass is 445 g/mol. The predicted molar refractivity (Wildman–Crippen MR) is 131 cm³/mol. The fourth-order valence-electron chi connectivity index (χ4n) is 4.44. The third-order valence-corrected chi connectivity index (χ3v) is 6.14. The van der Waals surface area contributed by atoms with E-state index in [0.29, 0.717) is 5.82 Å². The lowest BCUT2D eigenvalue weighted by Gasteiger charge is -2.09. The molecule has 0 unspecified atom stereocenters. The van der Waals surface area contributed by atoms with Crippen molar-refractivity contribution in [2.45, 2.75) is 6.54 Å². The number of carboxylic acid groups (broad SMARTS) is 1. The van der Waals surface area contributed by atoms with E-state index >= 15 is 0 Å². The topological polar surface area (TPSA) is 96.7 Å². The highest BCUT2D eigenvalue weighted by molar-refractivity contribution is 6.09. The van der Waals surface area contributed by atoms with Crippen LogP contribution in [0.2, 0.25) is 0 Å². The first kappa shape index (κ1) is 19.9. The Morgan fingerprint density at radius 2 is 1.47 bits per heavy atom. The number of fused-ring (bicyclic) bond motifs is 3. The number of nitrogens with one attached hydrogen (secondary N) is 1. The Hall–Kier alpha value is -4.78. The standard InChI is InChI=1S/C27H19N5O2/c33-27(34)20-11-9-19(10-12-20)18-7-5-17(6-8-18)16-32-24-4-2-1-3-22(24)23-15-21(13-14-25(23)32)26-28-30-31-29-26/h1-15H,16H2,(H,33,34)(H,28,29,30,31). The zero-order valence-corrected chi connectivity index (χ0v) is 18.0. The van der Waals surface area contributed by atoms with E-state index in [9.17, 15) is 4.79 Å². The van der Waals surface area contributed by atoms with E-state index in [0.717, 1.165) is 39.7 Å². The molecule has 34 heavy (non-hydrogen) atoms. The quantitative estimate of drug-likeness (QED) is 0.371. The molecular weight excluding hydrogens is 426 g/mol. The largest absolute Gasteiger partial charge is 0.478 e. The summed E-state index contributed by atoms with van der Waals surface area (Å²) >= 11 is 0. The van der Waals surface area contributed by atoms with Crippen molar-refractivity contribution in [3.05, 3.63) is 102 Å². The molecule has 0 saturated carbocycles. The number of carbonyl (C=O) groups is 1. The maximum Gasteiger partial charge on any atom is 0.335 e. The van der Waals surface area contributed by atoms with Crippen molar-refractivity contribution in [2.24, 2.45) is 0 Å². The van der Waals surface area contributed by atoms with Gasteiger partial charge in [-0.25, -0.2) is 4.79 Å². The van der Waals surface area contributed by atoms with Gasteiger partial charge >= 0.3 is 5.97 Å². The van der Waals surface area contributed by atoms with E-state index in [1.54, 1.807) is 12.1 Å². The molecule has 0 radical (unpaired) electrons. The Balaban J connectivity index is 1.37. The summed E-state index contributed by atoms with van der Waals surface area (Å²) in [5.41, 5.74) is 6.72. The number of nitrogens with zero attached hydrogens (tertiary/aromatic N) is 4. The Bertz CT molecular complexity index is 1630. The van der Waals surface area contributed by atoms with Crippen LogP contribution >= 0.6 is 0 Å². The number of benzene rings is 4. The summed E-state index contributed by atoms with van der Waals surface area (Å²) in [6.07, 6.45) is 0. The third kappa shape index (κ3) is 3.40. The minimum atomic E-state index is -0.919. The lowest BCUT2D eigenvalue weighted by atomic mass is 10.0. The van der Waals surface area contributed by atoms with E-state index in [4.69, 9.17) is 5.11 Å². The van der Waals surface area contributed by atoms with Crippen molar-refractivity contribution in [3.8, 4) is 22.5 Å². The van der Waals surface area contributed by atoms with Gasteiger partial charge in [-0.15, -0.1) is 10.2 Å². The first-order valence-corrected chi connectivity index (χ1v) is 10.8. The summed E-state index contributed by atoms with van der Waals surface area (Å²) in [6, 6.07) is 30.0. The Labute approximate surface area is 194 Å². The molecule has 0 aliphatic carbocycles. The van der Waals surface area contributed by atoms with Crippen LogP contribution in [0.4, 0.5) is 0 Å². The number of rotatable bonds is 5. The maximum absolute atomic E-state index is 11.1. The molecule has 0 atom stereocenters. The van der Waals surface area contributed by atoms with Crippen LogP contribution in [0.1, 0.15) is 15.9 Å². The molecule has 2 N–H and O–H groups in total. The molecule has 0 aliphatic rings. The van der Waals surface area contributed by atoms with Gasteiger partial charge in [0.05, 0.1) is 5.56 Å². The van der Waals surface area contributed by atoms with Crippen molar-refractivity contribution in [1.29, 1.82) is 0 Å². The van der Waals surface area contributed by atoms with Crippen molar-refractivity contribution in [2.75, 3.05) is 0 Å². The van der Waals surface area contributed by atoms with Crippen molar-refractivity contribution in [3.63, 3.8) is 0 Å². The van der Waals surface area contributed by atoms with E-state index in [2.05, 4.69) is 85.9 Å². The molecule has 0 saturated heterocycles. The average Bonchev–Trinajstić information content (AvgIpc) is 3.52. The van der Waals surface area contributed by atoms with Gasteiger partial charge in [0.25, 0.3) is 0 Å². The number of aromatic amines is 1. The Kier molecular flexibility index (Phi) is 4.66. The summed E-state index contributed by atoms with van der Waals surface area (Å²) in [7, 11) is 0. The second-order valence-electron chi connectivity index (χ2n) is 8.15.